The van der Waals surface area contributed by atoms with Crippen LogP contribution in [0.25, 0.3) is 5.69 Å². The highest BCUT2D eigenvalue weighted by Gasteiger charge is 2.68. The van der Waals surface area contributed by atoms with Crippen LogP contribution in [0.5, 0.6) is 0 Å². The van der Waals surface area contributed by atoms with Crippen molar-refractivity contribution in [2.75, 3.05) is 6.54 Å². The maximum absolute atomic E-state index is 13.8. The fourth-order valence-electron chi connectivity index (χ4n) is 5.47. The van der Waals surface area contributed by atoms with Gasteiger partial charge in [0.15, 0.2) is 5.82 Å². The number of likely N-dealkylation sites (tertiary alicyclic amines) is 1. The van der Waals surface area contributed by atoms with Crippen molar-refractivity contribution in [2.24, 2.45) is 11.8 Å². The molecule has 2 bridgehead atoms. The number of carbonyl (C=O) groups excluding carboxylic acids is 1. The molecule has 0 saturated carbocycles. The highest BCUT2D eigenvalue weighted by Crippen LogP contribution is 2.53. The van der Waals surface area contributed by atoms with Crippen LogP contribution in [0.1, 0.15) is 23.0 Å². The van der Waals surface area contributed by atoms with Gasteiger partial charge in [-0.15, -0.1) is 5.10 Å². The van der Waals surface area contributed by atoms with Crippen LogP contribution in [0, 0.1) is 18.8 Å². The van der Waals surface area contributed by atoms with Gasteiger partial charge in [-0.25, -0.2) is 0 Å². The molecule has 2 aromatic carbocycles. The first-order valence-electron chi connectivity index (χ1n) is 10.8. The molecule has 0 unspecified atom stereocenters. The Kier molecular flexibility index (Phi) is 4.25. The van der Waals surface area contributed by atoms with Crippen molar-refractivity contribution in [2.45, 2.75) is 24.7 Å². The number of carboxylic acids is 1. The number of hydrogen-bond acceptors (Lipinski definition) is 6. The van der Waals surface area contributed by atoms with Crippen molar-refractivity contribution >= 4 is 11.9 Å². The summed E-state index contributed by atoms with van der Waals surface area (Å²) in [6.07, 6.45) is 3.04. The third kappa shape index (κ3) is 2.78. The van der Waals surface area contributed by atoms with Crippen molar-refractivity contribution in [3.05, 3.63) is 83.7 Å². The largest absolute Gasteiger partial charge is 0.481 e. The van der Waals surface area contributed by atoms with E-state index < -0.39 is 35.6 Å². The minimum Gasteiger partial charge on any atom is -0.481 e. The summed E-state index contributed by atoms with van der Waals surface area (Å²) in [4.78, 5) is 27.5. The van der Waals surface area contributed by atoms with Gasteiger partial charge in [0, 0.05) is 0 Å². The van der Waals surface area contributed by atoms with E-state index in [1.165, 1.54) is 0 Å². The summed E-state index contributed by atoms with van der Waals surface area (Å²) >= 11 is 0. The minimum absolute atomic E-state index is 0.230. The topological polar surface area (TPSA) is 110 Å². The summed E-state index contributed by atoms with van der Waals surface area (Å²) in [5, 5.41) is 22.3. The van der Waals surface area contributed by atoms with E-state index in [4.69, 9.17) is 4.74 Å². The third-order valence-corrected chi connectivity index (χ3v) is 6.92. The lowest BCUT2D eigenvalue weighted by Gasteiger charge is -2.29. The van der Waals surface area contributed by atoms with E-state index in [0.29, 0.717) is 5.82 Å². The average molecular weight is 443 g/mol. The Morgan fingerprint density at radius 2 is 1.94 bits per heavy atom. The summed E-state index contributed by atoms with van der Waals surface area (Å²) in [5.74, 6) is -2.49. The van der Waals surface area contributed by atoms with Gasteiger partial charge < -0.3 is 14.7 Å². The molecule has 9 heteroatoms. The number of carbonyl (C=O) groups is 2. The minimum atomic E-state index is -1.02. The first kappa shape index (κ1) is 19.8. The second-order valence-electron chi connectivity index (χ2n) is 8.75. The summed E-state index contributed by atoms with van der Waals surface area (Å²) in [6.45, 7) is 2.20. The normalized spacial score (nSPS) is 28.3. The summed E-state index contributed by atoms with van der Waals surface area (Å²) in [5.41, 5.74) is 1.68. The zero-order valence-electron chi connectivity index (χ0n) is 17.8. The van der Waals surface area contributed by atoms with Crippen LogP contribution in [0.2, 0.25) is 0 Å². The van der Waals surface area contributed by atoms with Crippen molar-refractivity contribution in [1.82, 2.24) is 25.1 Å². The van der Waals surface area contributed by atoms with Gasteiger partial charge in [-0.3, -0.25) is 9.59 Å². The molecule has 3 aromatic rings. The summed E-state index contributed by atoms with van der Waals surface area (Å²) in [6, 6.07) is 16.7. The van der Waals surface area contributed by atoms with Gasteiger partial charge in [0.1, 0.15) is 17.6 Å². The quantitative estimate of drug-likeness (QED) is 0.600. The van der Waals surface area contributed by atoms with Crippen LogP contribution < -0.4 is 0 Å². The number of rotatable bonds is 5. The Bertz CT molecular complexity index is 1290. The molecule has 33 heavy (non-hydrogen) atoms. The van der Waals surface area contributed by atoms with Gasteiger partial charge in [-0.2, -0.15) is 4.68 Å². The van der Waals surface area contributed by atoms with Crippen molar-refractivity contribution in [1.29, 1.82) is 0 Å². The third-order valence-electron chi connectivity index (χ3n) is 6.92. The molecule has 2 fully saturated rings. The number of carboxylic acid groups (broad SMARTS) is 1. The lowest BCUT2D eigenvalue weighted by atomic mass is 9.77. The first-order valence-corrected chi connectivity index (χ1v) is 10.8. The molecular formula is C24H21N5O4. The zero-order valence-corrected chi connectivity index (χ0v) is 17.8. The maximum atomic E-state index is 13.8. The first-order chi connectivity index (χ1) is 16.0. The predicted octanol–water partition coefficient (Wildman–Crippen LogP) is 1.93. The molecule has 2 saturated heterocycles. The second-order valence-corrected chi connectivity index (χ2v) is 8.75. The summed E-state index contributed by atoms with van der Waals surface area (Å²) < 4.78 is 7.73. The molecule has 5 atom stereocenters. The number of benzene rings is 2. The van der Waals surface area contributed by atoms with Gasteiger partial charge in [-0.05, 0) is 34.5 Å². The second kappa shape index (κ2) is 7.08. The fourth-order valence-corrected chi connectivity index (χ4v) is 5.47. The van der Waals surface area contributed by atoms with Crippen LogP contribution in [-0.4, -0.2) is 60.3 Å². The molecule has 3 aliphatic rings. The number of nitrogens with zero attached hydrogens (tertiary/aromatic N) is 5. The van der Waals surface area contributed by atoms with Gasteiger partial charge in [-0.1, -0.05) is 60.7 Å². The Morgan fingerprint density at radius 3 is 2.70 bits per heavy atom. The molecule has 1 N–H and O–H groups in total. The smallest absolute Gasteiger partial charge is 0.310 e. The van der Waals surface area contributed by atoms with Crippen LogP contribution >= 0.6 is 0 Å². The number of aliphatic carboxylic acids is 1. The lowest BCUT2D eigenvalue weighted by molar-refractivity contribution is -0.148. The molecule has 1 aromatic heterocycles. The number of para-hydroxylation sites is 1. The van der Waals surface area contributed by atoms with Crippen LogP contribution in [-0.2, 0) is 14.3 Å². The molecule has 0 radical (unpaired) electrons. The number of hydrogen-bond donors (Lipinski definition) is 1. The van der Waals surface area contributed by atoms with Gasteiger partial charge in [0.05, 0.1) is 24.3 Å². The molecule has 4 heterocycles. The number of aromatic nitrogens is 4. The predicted molar refractivity (Wildman–Crippen MR) is 115 cm³/mol. The van der Waals surface area contributed by atoms with Crippen LogP contribution in [0.4, 0.5) is 0 Å². The molecule has 1 spiro atoms. The van der Waals surface area contributed by atoms with Gasteiger partial charge >= 0.3 is 5.97 Å². The monoisotopic (exact) mass is 443 g/mol. The Morgan fingerprint density at radius 1 is 1.18 bits per heavy atom. The molecule has 0 aliphatic carbocycles. The molecular weight excluding hydrogens is 422 g/mol. The number of aryl methyl sites for hydroxylation is 1. The zero-order chi connectivity index (χ0) is 22.7. The van der Waals surface area contributed by atoms with E-state index in [0.717, 1.165) is 16.8 Å². The highest BCUT2D eigenvalue weighted by atomic mass is 16.5. The number of fused-ring (bicyclic) bond motifs is 1. The molecule has 1 amide bonds. The molecule has 3 aliphatic heterocycles. The Balaban J connectivity index is 1.49. The number of amides is 1. The summed E-state index contributed by atoms with van der Waals surface area (Å²) in [7, 11) is 0. The standard InChI is InChI=1S/C24H21N5O4/c1-14-7-5-6-10-16(14)29-21(25-26-27-29)20(15-8-3-2-4-9-15)28-13-24-12-11-17(33-24)18(23(31)32)19(24)22(28)30/h2-12,17-20H,13H2,1H3,(H,31,32)/t17-,18-,19+,20-,24-/m1/s1. The van der Waals surface area contributed by atoms with Crippen LogP contribution in [0.15, 0.2) is 66.7 Å². The van der Waals surface area contributed by atoms with E-state index in [1.54, 1.807) is 15.7 Å². The molecule has 166 valence electrons. The SMILES string of the molecule is Cc1ccccc1-n1nnnc1[C@@H](c1ccccc1)N1C[C@@]23C=C[C@@H](O2)[C@@H](C(=O)O)[C@H]3C1=O. The molecule has 6 rings (SSSR count). The Hall–Kier alpha value is -3.85. The van der Waals surface area contributed by atoms with E-state index >= 15 is 0 Å². The van der Waals surface area contributed by atoms with Crippen molar-refractivity contribution in [3.8, 4) is 5.69 Å². The van der Waals surface area contributed by atoms with E-state index in [9.17, 15) is 14.7 Å². The highest BCUT2D eigenvalue weighted by molar-refractivity contribution is 5.91. The van der Waals surface area contributed by atoms with Crippen molar-refractivity contribution < 1.29 is 19.4 Å². The average Bonchev–Trinajstić information content (AvgIpc) is 3.57. The Labute approximate surface area is 189 Å². The van der Waals surface area contributed by atoms with Crippen LogP contribution in [0.3, 0.4) is 0 Å². The van der Waals surface area contributed by atoms with E-state index in [-0.39, 0.29) is 12.5 Å². The molecule has 9 nitrogen and oxygen atoms in total. The number of tetrazole rings is 1. The number of ether oxygens (including phenoxy) is 1. The van der Waals surface area contributed by atoms with E-state index in [2.05, 4.69) is 15.5 Å². The fraction of sp³-hybridized carbons (Fsp3) is 0.292. The van der Waals surface area contributed by atoms with Gasteiger partial charge in [0.2, 0.25) is 5.91 Å². The maximum Gasteiger partial charge on any atom is 0.310 e. The lowest BCUT2D eigenvalue weighted by Crippen LogP contribution is -2.39. The van der Waals surface area contributed by atoms with E-state index in [1.807, 2.05) is 67.6 Å². The van der Waals surface area contributed by atoms with Crippen molar-refractivity contribution in [3.63, 3.8) is 0 Å². The van der Waals surface area contributed by atoms with Gasteiger partial charge in [0.25, 0.3) is 0 Å².